The lowest BCUT2D eigenvalue weighted by atomic mass is 9.81. The van der Waals surface area contributed by atoms with Gasteiger partial charge in [-0.2, -0.15) is 0 Å². The first-order valence-corrected chi connectivity index (χ1v) is 11.0. The number of nitrogens with zero attached hydrogens (tertiary/aromatic N) is 3. The first kappa shape index (κ1) is 18.8. The number of rotatable bonds is 4. The summed E-state index contributed by atoms with van der Waals surface area (Å²) in [6.07, 6.45) is 3.96. The summed E-state index contributed by atoms with van der Waals surface area (Å²) in [6, 6.07) is 15.1. The second-order valence-electron chi connectivity index (χ2n) is 8.78. The highest BCUT2D eigenvalue weighted by Gasteiger charge is 2.48. The second kappa shape index (κ2) is 7.88. The van der Waals surface area contributed by atoms with E-state index in [4.69, 9.17) is 0 Å². The summed E-state index contributed by atoms with van der Waals surface area (Å²) in [5, 5.41) is 2.62. The van der Waals surface area contributed by atoms with Gasteiger partial charge in [-0.1, -0.05) is 55.3 Å². The minimum absolute atomic E-state index is 0.0381. The molecule has 5 nitrogen and oxygen atoms in total. The van der Waals surface area contributed by atoms with Crippen LogP contribution in [0.15, 0.2) is 42.5 Å². The molecule has 2 saturated heterocycles. The van der Waals surface area contributed by atoms with Crippen molar-refractivity contribution in [3.63, 3.8) is 0 Å². The average Bonchev–Trinajstić information content (AvgIpc) is 3.00. The van der Waals surface area contributed by atoms with E-state index in [1.165, 1.54) is 16.3 Å². The number of hydrogen-bond acceptors (Lipinski definition) is 4. The number of piperazine rings is 1. The van der Waals surface area contributed by atoms with Crippen molar-refractivity contribution in [3.05, 3.63) is 48.0 Å². The fraction of sp³-hybridized carbons (Fsp3) is 0.500. The van der Waals surface area contributed by atoms with E-state index in [0.717, 1.165) is 58.4 Å². The molecule has 0 aromatic heterocycles. The van der Waals surface area contributed by atoms with E-state index in [2.05, 4.69) is 52.3 Å². The summed E-state index contributed by atoms with van der Waals surface area (Å²) < 4.78 is 0. The fourth-order valence-corrected chi connectivity index (χ4v) is 5.33. The van der Waals surface area contributed by atoms with E-state index in [1.54, 1.807) is 4.90 Å². The zero-order valence-corrected chi connectivity index (χ0v) is 16.9. The van der Waals surface area contributed by atoms with E-state index in [9.17, 15) is 9.59 Å². The number of fused-ring (bicyclic) bond motifs is 2. The van der Waals surface area contributed by atoms with Gasteiger partial charge in [0.05, 0.1) is 18.5 Å². The lowest BCUT2D eigenvalue weighted by molar-refractivity contribution is -0.142. The maximum Gasteiger partial charge on any atom is 0.234 e. The van der Waals surface area contributed by atoms with Gasteiger partial charge in [-0.25, -0.2) is 0 Å². The molecule has 2 aromatic carbocycles. The van der Waals surface area contributed by atoms with Crippen molar-refractivity contribution in [2.45, 2.75) is 32.2 Å². The van der Waals surface area contributed by atoms with Crippen LogP contribution in [0.3, 0.4) is 0 Å². The Morgan fingerprint density at radius 3 is 2.10 bits per heavy atom. The third-order valence-corrected chi connectivity index (χ3v) is 7.01. The first-order valence-electron chi connectivity index (χ1n) is 11.0. The van der Waals surface area contributed by atoms with Crippen molar-refractivity contribution < 1.29 is 9.59 Å². The lowest BCUT2D eigenvalue weighted by Crippen LogP contribution is -2.51. The molecule has 2 aromatic rings. The zero-order valence-electron chi connectivity index (χ0n) is 16.9. The summed E-state index contributed by atoms with van der Waals surface area (Å²) in [7, 11) is 0. The van der Waals surface area contributed by atoms with Crippen molar-refractivity contribution in [1.82, 2.24) is 14.7 Å². The van der Waals surface area contributed by atoms with Crippen LogP contribution < -0.4 is 0 Å². The van der Waals surface area contributed by atoms with E-state index in [0.29, 0.717) is 6.67 Å². The number of carbonyl (C=O) groups excluding carboxylic acids is 2. The first-order chi connectivity index (χ1) is 14.2. The van der Waals surface area contributed by atoms with Gasteiger partial charge in [-0.15, -0.1) is 0 Å². The number of hydrogen-bond donors (Lipinski definition) is 0. The Morgan fingerprint density at radius 1 is 0.759 bits per heavy atom. The molecule has 0 unspecified atom stereocenters. The minimum Gasteiger partial charge on any atom is -0.297 e. The number of amides is 2. The van der Waals surface area contributed by atoms with Crippen LogP contribution in [0.1, 0.15) is 31.2 Å². The molecule has 0 radical (unpaired) electrons. The predicted octanol–water partition coefficient (Wildman–Crippen LogP) is 3.09. The highest BCUT2D eigenvalue weighted by Crippen LogP contribution is 2.38. The Hall–Kier alpha value is -2.24. The molecule has 2 atom stereocenters. The van der Waals surface area contributed by atoms with Crippen molar-refractivity contribution in [3.8, 4) is 0 Å². The molecule has 1 aliphatic carbocycles. The normalized spacial score (nSPS) is 26.3. The van der Waals surface area contributed by atoms with Crippen LogP contribution in [0.5, 0.6) is 0 Å². The van der Waals surface area contributed by atoms with Crippen LogP contribution in [0.25, 0.3) is 10.8 Å². The van der Waals surface area contributed by atoms with Crippen molar-refractivity contribution in [1.29, 1.82) is 0 Å². The van der Waals surface area contributed by atoms with Crippen LogP contribution in [0, 0.1) is 11.8 Å². The summed E-state index contributed by atoms with van der Waals surface area (Å²) >= 11 is 0. The molecule has 0 N–H and O–H groups in total. The Bertz CT molecular complexity index is 890. The summed E-state index contributed by atoms with van der Waals surface area (Å²) in [5.74, 6) is 0.0866. The maximum atomic E-state index is 12.7. The maximum absolute atomic E-state index is 12.7. The van der Waals surface area contributed by atoms with Crippen LogP contribution in [-0.2, 0) is 16.1 Å². The lowest BCUT2D eigenvalue weighted by Gasteiger charge is -2.36. The number of carbonyl (C=O) groups is 2. The Labute approximate surface area is 172 Å². The van der Waals surface area contributed by atoms with Gasteiger partial charge in [-0.05, 0) is 29.2 Å². The highest BCUT2D eigenvalue weighted by molar-refractivity contribution is 6.05. The Morgan fingerprint density at radius 2 is 1.38 bits per heavy atom. The van der Waals surface area contributed by atoms with Crippen LogP contribution in [0.4, 0.5) is 0 Å². The van der Waals surface area contributed by atoms with Crippen LogP contribution in [0.2, 0.25) is 0 Å². The number of likely N-dealkylation sites (tertiary alicyclic amines) is 1. The Balaban J connectivity index is 1.19. The second-order valence-corrected chi connectivity index (χ2v) is 8.78. The molecule has 5 heteroatoms. The molecule has 2 aliphatic heterocycles. The quantitative estimate of drug-likeness (QED) is 0.752. The van der Waals surface area contributed by atoms with Gasteiger partial charge in [-0.3, -0.25) is 24.3 Å². The third-order valence-electron chi connectivity index (χ3n) is 7.01. The van der Waals surface area contributed by atoms with Gasteiger partial charge >= 0.3 is 0 Å². The molecule has 1 saturated carbocycles. The van der Waals surface area contributed by atoms with E-state index < -0.39 is 0 Å². The average molecular weight is 392 g/mol. The molecule has 2 amide bonds. The monoisotopic (exact) mass is 391 g/mol. The molecule has 152 valence electrons. The molecule has 0 spiro atoms. The largest absolute Gasteiger partial charge is 0.297 e. The van der Waals surface area contributed by atoms with Crippen LogP contribution in [-0.4, -0.2) is 59.4 Å². The minimum atomic E-state index is -0.0381. The van der Waals surface area contributed by atoms with Crippen LogP contribution >= 0.6 is 0 Å². The van der Waals surface area contributed by atoms with E-state index >= 15 is 0 Å². The van der Waals surface area contributed by atoms with Gasteiger partial charge in [0.25, 0.3) is 0 Å². The Kier molecular flexibility index (Phi) is 5.10. The molecule has 3 aliphatic rings. The van der Waals surface area contributed by atoms with E-state index in [1.807, 2.05) is 0 Å². The third kappa shape index (κ3) is 3.58. The summed E-state index contributed by atoms with van der Waals surface area (Å²) in [4.78, 5) is 31.7. The van der Waals surface area contributed by atoms with Gasteiger partial charge in [0.15, 0.2) is 0 Å². The SMILES string of the molecule is O=C1[C@H]2CCCC[C@@H]2C(=O)N1CN1CCN(Cc2cccc3ccccc23)CC1. The molecular formula is C24H29N3O2. The van der Waals surface area contributed by atoms with Crippen molar-refractivity contribution in [2.75, 3.05) is 32.8 Å². The molecule has 29 heavy (non-hydrogen) atoms. The predicted molar refractivity (Wildman–Crippen MR) is 113 cm³/mol. The summed E-state index contributed by atoms with van der Waals surface area (Å²) in [6.45, 7) is 5.15. The van der Waals surface area contributed by atoms with Crippen molar-refractivity contribution in [2.24, 2.45) is 11.8 Å². The highest BCUT2D eigenvalue weighted by atomic mass is 16.2. The van der Waals surface area contributed by atoms with Gasteiger partial charge < -0.3 is 0 Å². The number of imide groups is 1. The molecular weight excluding hydrogens is 362 g/mol. The molecule has 3 fully saturated rings. The smallest absolute Gasteiger partial charge is 0.234 e. The van der Waals surface area contributed by atoms with Gasteiger partial charge in [0.1, 0.15) is 0 Å². The van der Waals surface area contributed by atoms with E-state index in [-0.39, 0.29) is 23.7 Å². The van der Waals surface area contributed by atoms with Gasteiger partial charge in [0, 0.05) is 32.7 Å². The van der Waals surface area contributed by atoms with Gasteiger partial charge in [0.2, 0.25) is 11.8 Å². The summed E-state index contributed by atoms with van der Waals surface area (Å²) in [5.41, 5.74) is 1.37. The number of benzene rings is 2. The zero-order chi connectivity index (χ0) is 19.8. The fourth-order valence-electron chi connectivity index (χ4n) is 5.33. The molecule has 2 heterocycles. The van der Waals surface area contributed by atoms with Crippen molar-refractivity contribution >= 4 is 22.6 Å². The topological polar surface area (TPSA) is 43.9 Å². The standard InChI is InChI=1S/C24H29N3O2/c28-23-21-10-3-4-11-22(21)24(29)27(23)17-26-14-12-25(13-15-26)16-19-8-5-7-18-6-1-2-9-20(18)19/h1-2,5-9,21-22H,3-4,10-17H2/t21-,22-/m0/s1. The molecule has 0 bridgehead atoms. The molecule has 5 rings (SSSR count).